The Morgan fingerprint density at radius 2 is 2.50 bits per heavy atom. The monoisotopic (exact) mass is 118 g/mol. The zero-order valence-electron chi connectivity index (χ0n) is 5.09. The molecule has 0 aromatic rings. The van der Waals surface area contributed by atoms with Gasteiger partial charge in [-0.1, -0.05) is 23.7 Å². The molecule has 0 aliphatic rings. The second-order valence-electron chi connectivity index (χ2n) is 1.54. The zero-order valence-corrected chi connectivity index (χ0v) is 5.09. The van der Waals surface area contributed by atoms with E-state index in [1.165, 1.54) is 5.48 Å². The van der Waals surface area contributed by atoms with E-state index in [9.17, 15) is 4.79 Å². The van der Waals surface area contributed by atoms with Crippen molar-refractivity contribution in [2.75, 3.05) is 6.54 Å². The number of rotatable bonds is 5. The van der Waals surface area contributed by atoms with Crippen LogP contribution in [0.25, 0.3) is 0 Å². The average Bonchev–Trinajstić information content (AvgIpc) is 1.81. The molecule has 0 aromatic heterocycles. The van der Waals surface area contributed by atoms with E-state index in [4.69, 9.17) is 0 Å². The number of carbonyl (C=O) groups is 1. The van der Waals surface area contributed by atoms with Gasteiger partial charge in [-0.25, -0.2) is 0 Å². The highest BCUT2D eigenvalue weighted by Gasteiger charge is 1.92. The first-order valence-electron chi connectivity index (χ1n) is 2.82. The molecule has 0 aromatic carbocycles. The molecule has 2 N–H and O–H groups in total. The van der Waals surface area contributed by atoms with Crippen LogP contribution >= 0.6 is 0 Å². The Bertz CT molecular complexity index is 56.4. The third kappa shape index (κ3) is 5.43. The zero-order chi connectivity index (χ0) is 6.24. The predicted octanol–water partition coefficient (Wildman–Crippen LogP) is -0.562. The van der Waals surface area contributed by atoms with Gasteiger partial charge in [0, 0.05) is 6.42 Å². The highest BCUT2D eigenvalue weighted by atomic mass is 16.7. The summed E-state index contributed by atoms with van der Waals surface area (Å²) in [6, 6.07) is 0. The van der Waals surface area contributed by atoms with Gasteiger partial charge in [-0.05, 0) is 0 Å². The molecule has 47 valence electrons. The molecular weight excluding hydrogens is 106 g/mol. The summed E-state index contributed by atoms with van der Waals surface area (Å²) in [5.74, 6) is 0. The Morgan fingerprint density at radius 3 is 3.00 bits per heavy atom. The number of hydroxylamine groups is 1. The summed E-state index contributed by atoms with van der Waals surface area (Å²) < 4.78 is 0. The fourth-order valence-electron chi connectivity index (χ4n) is 0.395. The van der Waals surface area contributed by atoms with Gasteiger partial charge >= 0.3 is 6.47 Å². The van der Waals surface area contributed by atoms with Crippen LogP contribution in [-0.2, 0) is 9.63 Å². The van der Waals surface area contributed by atoms with E-state index in [1.54, 1.807) is 0 Å². The van der Waals surface area contributed by atoms with Crippen molar-refractivity contribution in [3.63, 3.8) is 0 Å². The molecule has 0 aliphatic carbocycles. The SMILES string of the molecule is CCCC[NH2+]OC=[O+]. The standard InChI is InChI=1S/C5H11NO2/c1-2-3-4-6-8-5-7/h5-6H,2-4H2,1H3/q+1/p+1. The summed E-state index contributed by atoms with van der Waals surface area (Å²) in [6.07, 6.45) is 2.23. The van der Waals surface area contributed by atoms with Gasteiger partial charge < -0.3 is 0 Å². The molecule has 3 heteroatoms. The Morgan fingerprint density at radius 1 is 1.75 bits per heavy atom. The van der Waals surface area contributed by atoms with E-state index in [1.807, 2.05) is 0 Å². The van der Waals surface area contributed by atoms with Crippen molar-refractivity contribution in [3.8, 4) is 0 Å². The van der Waals surface area contributed by atoms with Crippen LogP contribution in [0.5, 0.6) is 0 Å². The lowest BCUT2D eigenvalue weighted by Crippen LogP contribution is -2.83. The number of carbonyl (C=O) groups excluding carboxylic acids is 1. The summed E-state index contributed by atoms with van der Waals surface area (Å²) in [6.45, 7) is 3.40. The van der Waals surface area contributed by atoms with Crippen LogP contribution in [0.2, 0.25) is 0 Å². The maximum absolute atomic E-state index is 9.51. The van der Waals surface area contributed by atoms with Gasteiger partial charge in [-0.2, -0.15) is 0 Å². The van der Waals surface area contributed by atoms with Crippen LogP contribution in [0.1, 0.15) is 19.8 Å². The minimum atomic E-state index is 0.440. The van der Waals surface area contributed by atoms with Gasteiger partial charge in [-0.3, -0.25) is 0 Å². The van der Waals surface area contributed by atoms with Crippen molar-refractivity contribution in [3.05, 3.63) is 0 Å². The number of quaternary nitrogens is 1. The van der Waals surface area contributed by atoms with E-state index in [-0.39, 0.29) is 0 Å². The van der Waals surface area contributed by atoms with E-state index in [0.29, 0.717) is 6.47 Å². The predicted molar refractivity (Wildman–Crippen MR) is 28.8 cm³/mol. The maximum atomic E-state index is 9.51. The summed E-state index contributed by atoms with van der Waals surface area (Å²) in [5, 5.41) is 0. The highest BCUT2D eigenvalue weighted by molar-refractivity contribution is 5.35. The number of unbranched alkanes of at least 4 members (excludes halogenated alkanes) is 1. The van der Waals surface area contributed by atoms with Gasteiger partial charge in [0.1, 0.15) is 6.54 Å². The quantitative estimate of drug-likeness (QED) is 0.227. The summed E-state index contributed by atoms with van der Waals surface area (Å²) in [4.78, 5) is 13.8. The first-order chi connectivity index (χ1) is 3.91. The fourth-order valence-corrected chi connectivity index (χ4v) is 0.395. The van der Waals surface area contributed by atoms with Crippen molar-refractivity contribution >= 4 is 6.47 Å². The lowest BCUT2D eigenvalue weighted by atomic mass is 10.3. The molecule has 8 heavy (non-hydrogen) atoms. The van der Waals surface area contributed by atoms with Crippen molar-refractivity contribution in [1.29, 1.82) is 0 Å². The Kier molecular flexibility index (Phi) is 5.97. The molecule has 0 fully saturated rings. The fraction of sp³-hybridized carbons (Fsp3) is 0.800. The van der Waals surface area contributed by atoms with Gasteiger partial charge in [-0.15, -0.1) is 0 Å². The van der Waals surface area contributed by atoms with Crippen LogP contribution in [0.15, 0.2) is 0 Å². The van der Waals surface area contributed by atoms with Gasteiger partial charge in [0.05, 0.1) is 4.79 Å². The van der Waals surface area contributed by atoms with Crippen molar-refractivity contribution in [1.82, 2.24) is 0 Å². The molecular formula is C5H12NO2+2. The van der Waals surface area contributed by atoms with E-state index in [2.05, 4.69) is 11.8 Å². The summed E-state index contributed by atoms with van der Waals surface area (Å²) >= 11 is 0. The molecule has 0 bridgehead atoms. The van der Waals surface area contributed by atoms with Gasteiger partial charge in [0.2, 0.25) is 0 Å². The lowest BCUT2D eigenvalue weighted by Gasteiger charge is -1.84. The minimum absolute atomic E-state index is 0.440. The Labute approximate surface area is 49.0 Å². The molecule has 0 rings (SSSR count). The lowest BCUT2D eigenvalue weighted by molar-refractivity contribution is -0.869. The third-order valence-corrected chi connectivity index (χ3v) is 0.827. The maximum Gasteiger partial charge on any atom is 0.628 e. The Hall–Kier alpha value is -0.570. The van der Waals surface area contributed by atoms with Crippen LogP contribution < -0.4 is 5.48 Å². The van der Waals surface area contributed by atoms with Crippen LogP contribution in [0.3, 0.4) is 0 Å². The normalized spacial score (nSPS) is 8.62. The van der Waals surface area contributed by atoms with Crippen molar-refractivity contribution < 1.29 is 15.1 Å². The molecule has 0 atom stereocenters. The molecule has 0 unspecified atom stereocenters. The van der Waals surface area contributed by atoms with E-state index in [0.717, 1.165) is 19.4 Å². The van der Waals surface area contributed by atoms with Crippen molar-refractivity contribution in [2.24, 2.45) is 0 Å². The van der Waals surface area contributed by atoms with Crippen LogP contribution in [0.4, 0.5) is 0 Å². The molecule has 0 amide bonds. The van der Waals surface area contributed by atoms with Gasteiger partial charge in [0.15, 0.2) is 0 Å². The smallest absolute Gasteiger partial charge is 0.0932 e. The Balaban J connectivity index is 2.62. The molecule has 0 saturated carbocycles. The second kappa shape index (κ2) is 6.43. The minimum Gasteiger partial charge on any atom is -0.0932 e. The van der Waals surface area contributed by atoms with Crippen LogP contribution in [0, 0.1) is 0 Å². The number of hydrogen-bond donors (Lipinski definition) is 1. The van der Waals surface area contributed by atoms with E-state index >= 15 is 0 Å². The number of hydrogen-bond acceptors (Lipinski definition) is 2. The van der Waals surface area contributed by atoms with Crippen molar-refractivity contribution in [2.45, 2.75) is 19.8 Å². The van der Waals surface area contributed by atoms with Crippen LogP contribution in [-0.4, -0.2) is 13.0 Å². The molecule has 0 spiro atoms. The first-order valence-corrected chi connectivity index (χ1v) is 2.82. The second-order valence-corrected chi connectivity index (χ2v) is 1.54. The highest BCUT2D eigenvalue weighted by Crippen LogP contribution is 1.76. The van der Waals surface area contributed by atoms with Gasteiger partial charge in [0.25, 0.3) is 0 Å². The molecule has 3 nitrogen and oxygen atoms in total. The van der Waals surface area contributed by atoms with E-state index < -0.39 is 0 Å². The molecule has 0 saturated heterocycles. The molecule has 1 radical (unpaired) electrons. The number of nitrogens with two attached hydrogens (primary N) is 1. The third-order valence-electron chi connectivity index (χ3n) is 0.827. The molecule has 0 aliphatic heterocycles. The topological polar surface area (TPSA) is 45.7 Å². The average molecular weight is 118 g/mol. The molecule has 0 heterocycles. The summed E-state index contributed by atoms with van der Waals surface area (Å²) in [5.41, 5.74) is 1.52. The summed E-state index contributed by atoms with van der Waals surface area (Å²) in [7, 11) is 0. The first kappa shape index (κ1) is 7.43. The largest absolute Gasteiger partial charge is 0.628 e.